The van der Waals surface area contributed by atoms with Crippen LogP contribution in [0.4, 0.5) is 20.3 Å². The van der Waals surface area contributed by atoms with Crippen LogP contribution < -0.4 is 10.1 Å². The van der Waals surface area contributed by atoms with Crippen molar-refractivity contribution in [3.8, 4) is 11.6 Å². The Balaban J connectivity index is 2.13. The predicted molar refractivity (Wildman–Crippen MR) is 101 cm³/mol. The van der Waals surface area contributed by atoms with Gasteiger partial charge >= 0.3 is 11.9 Å². The molecule has 0 fully saturated rings. The van der Waals surface area contributed by atoms with Crippen LogP contribution in [0, 0.1) is 0 Å². The molecule has 2 N–H and O–H groups in total. The van der Waals surface area contributed by atoms with Crippen molar-refractivity contribution in [3.63, 3.8) is 0 Å². The van der Waals surface area contributed by atoms with Crippen LogP contribution in [0.1, 0.15) is 23.1 Å². The van der Waals surface area contributed by atoms with Crippen molar-refractivity contribution in [3.05, 3.63) is 54.1 Å². The number of benzene rings is 1. The lowest BCUT2D eigenvalue weighted by molar-refractivity contribution is 0.00717. The van der Waals surface area contributed by atoms with Gasteiger partial charge in [-0.25, -0.2) is 18.2 Å². The fourth-order valence-electron chi connectivity index (χ4n) is 2.28. The van der Waals surface area contributed by atoms with E-state index in [0.717, 1.165) is 18.6 Å². The van der Waals surface area contributed by atoms with E-state index in [1.165, 1.54) is 12.1 Å². The number of anilines is 2. The van der Waals surface area contributed by atoms with Gasteiger partial charge in [-0.05, 0) is 12.1 Å². The summed E-state index contributed by atoms with van der Waals surface area (Å²) >= 11 is 0. The summed E-state index contributed by atoms with van der Waals surface area (Å²) in [4.78, 5) is 19.0. The van der Waals surface area contributed by atoms with Gasteiger partial charge in [-0.15, -0.1) is 0 Å². The average Bonchev–Trinajstić information content (AvgIpc) is 3.10. The first-order valence-corrected chi connectivity index (χ1v) is 10.1. The fraction of sp³-hybridized carbons (Fsp3) is 0.176. The molecule has 0 unspecified atom stereocenters. The van der Waals surface area contributed by atoms with E-state index in [2.05, 4.69) is 20.4 Å². The van der Waals surface area contributed by atoms with Crippen molar-refractivity contribution in [2.24, 2.45) is 0 Å². The Labute approximate surface area is 169 Å². The molecule has 0 saturated carbocycles. The summed E-state index contributed by atoms with van der Waals surface area (Å²) in [6, 6.07) is 7.86. The van der Waals surface area contributed by atoms with Gasteiger partial charge in [0.2, 0.25) is 11.7 Å². The number of rotatable bonds is 7. The van der Waals surface area contributed by atoms with E-state index in [-0.39, 0.29) is 11.4 Å². The minimum absolute atomic E-state index is 0.00217. The van der Waals surface area contributed by atoms with Gasteiger partial charge in [-0.1, -0.05) is 18.2 Å². The van der Waals surface area contributed by atoms with Crippen LogP contribution in [0.15, 0.2) is 42.7 Å². The lowest BCUT2D eigenvalue weighted by Crippen LogP contribution is -2.18. The molecular weight excluding hydrogens is 424 g/mol. The summed E-state index contributed by atoms with van der Waals surface area (Å²) in [6.45, 7) is 0.542. The summed E-state index contributed by atoms with van der Waals surface area (Å²) in [5.41, 5.74) is -0.628. The van der Waals surface area contributed by atoms with E-state index in [1.54, 1.807) is 18.2 Å². The molecule has 0 spiro atoms. The molecule has 0 aliphatic rings. The van der Waals surface area contributed by atoms with E-state index in [1.807, 2.05) is 0 Å². The first-order chi connectivity index (χ1) is 13.9. The molecule has 30 heavy (non-hydrogen) atoms. The van der Waals surface area contributed by atoms with E-state index in [9.17, 15) is 27.1 Å². The number of aromatic nitrogens is 4. The first kappa shape index (κ1) is 21.1. The normalized spacial score (nSPS) is 11.9. The molecule has 0 radical (unpaired) electrons. The zero-order valence-electron chi connectivity index (χ0n) is 15.6. The second kappa shape index (κ2) is 7.67. The topological polar surface area (TPSA) is 136 Å². The number of nitrogens with zero attached hydrogens (tertiary/aromatic N) is 4. The number of hydrogen-bond donors (Lipinski definition) is 2. The number of para-hydroxylation sites is 1. The van der Waals surface area contributed by atoms with Crippen molar-refractivity contribution in [2.45, 2.75) is 12.8 Å². The van der Waals surface area contributed by atoms with E-state index in [0.29, 0.717) is 11.0 Å². The number of carboxylic acid groups (broad SMARTS) is 1. The second-order valence-electron chi connectivity index (χ2n) is 6.17. The molecule has 0 atom stereocenters. The number of nitrogens with one attached hydrogen (secondary N) is 1. The van der Waals surface area contributed by atoms with Gasteiger partial charge in [-0.2, -0.15) is 23.0 Å². The van der Waals surface area contributed by atoms with Crippen LogP contribution in [0.5, 0.6) is 11.6 Å². The molecule has 0 aliphatic heterocycles. The van der Waals surface area contributed by atoms with Gasteiger partial charge in [0.1, 0.15) is 5.75 Å². The highest BCUT2D eigenvalue weighted by molar-refractivity contribution is 7.89. The zero-order chi connectivity index (χ0) is 22.1. The predicted octanol–water partition coefficient (Wildman–Crippen LogP) is 2.83. The summed E-state index contributed by atoms with van der Waals surface area (Å²) in [7, 11) is -3.71. The Morgan fingerprint density at radius 1 is 1.23 bits per heavy atom. The number of aromatic carboxylic acids is 1. The van der Waals surface area contributed by atoms with Gasteiger partial charge in [0.15, 0.2) is 11.4 Å². The van der Waals surface area contributed by atoms with Crippen molar-refractivity contribution in [1.82, 2.24) is 19.2 Å². The third-order valence-electron chi connectivity index (χ3n) is 3.60. The molecule has 1 aromatic carbocycles. The van der Waals surface area contributed by atoms with Gasteiger partial charge in [-0.3, -0.25) is 0 Å². The number of ether oxygens (including phenoxy) is 1. The number of hydrogen-bond acceptors (Lipinski definition) is 8. The Kier molecular flexibility index (Phi) is 5.39. The van der Waals surface area contributed by atoms with Gasteiger partial charge < -0.3 is 15.2 Å². The largest absolute Gasteiger partial charge is 0.477 e. The SMILES string of the molecule is CC(F)(F)c1nc(Nc2cnn(S(C)(=O)=O)c2)c(C(=O)O)c(Oc2ccccc2)n1. The highest BCUT2D eigenvalue weighted by Gasteiger charge is 2.33. The molecule has 0 bridgehead atoms. The molecule has 3 rings (SSSR count). The van der Waals surface area contributed by atoms with Crippen LogP contribution in [0.3, 0.4) is 0 Å². The minimum atomic E-state index is -3.71. The third kappa shape index (κ3) is 4.68. The summed E-state index contributed by atoms with van der Waals surface area (Å²) in [6.07, 6.45) is 3.00. The minimum Gasteiger partial charge on any atom is -0.477 e. The summed E-state index contributed by atoms with van der Waals surface area (Å²) < 4.78 is 57.0. The Hall–Kier alpha value is -3.61. The molecule has 0 amide bonds. The molecule has 2 aromatic heterocycles. The van der Waals surface area contributed by atoms with Crippen molar-refractivity contribution < 1.29 is 31.8 Å². The van der Waals surface area contributed by atoms with E-state index >= 15 is 0 Å². The Morgan fingerprint density at radius 3 is 2.43 bits per heavy atom. The number of alkyl halides is 2. The number of carbonyl (C=O) groups is 1. The molecule has 158 valence electrons. The van der Waals surface area contributed by atoms with Crippen molar-refractivity contribution in [1.29, 1.82) is 0 Å². The smallest absolute Gasteiger partial charge is 0.345 e. The average molecular weight is 439 g/mol. The van der Waals surface area contributed by atoms with Crippen LogP contribution in [0.2, 0.25) is 0 Å². The number of carboxylic acids is 1. The van der Waals surface area contributed by atoms with Crippen LogP contribution in [0.25, 0.3) is 0 Å². The van der Waals surface area contributed by atoms with E-state index < -0.39 is 45.0 Å². The van der Waals surface area contributed by atoms with Crippen molar-refractivity contribution in [2.75, 3.05) is 11.6 Å². The summed E-state index contributed by atoms with van der Waals surface area (Å²) in [5, 5.41) is 15.7. The maximum absolute atomic E-state index is 13.9. The lowest BCUT2D eigenvalue weighted by Gasteiger charge is -2.16. The maximum Gasteiger partial charge on any atom is 0.345 e. The third-order valence-corrected chi connectivity index (χ3v) is 4.48. The number of halogens is 2. The molecule has 0 saturated heterocycles. The van der Waals surface area contributed by atoms with Crippen LogP contribution in [-0.4, -0.2) is 44.9 Å². The first-order valence-electron chi connectivity index (χ1n) is 8.24. The molecule has 2 heterocycles. The molecule has 0 aliphatic carbocycles. The molecule has 10 nitrogen and oxygen atoms in total. The molecule has 13 heteroatoms. The molecular formula is C17H15F2N5O5S. The Bertz CT molecular complexity index is 1190. The van der Waals surface area contributed by atoms with Crippen LogP contribution in [-0.2, 0) is 15.9 Å². The quantitative estimate of drug-likeness (QED) is 0.569. The Morgan fingerprint density at radius 2 is 1.90 bits per heavy atom. The van der Waals surface area contributed by atoms with Crippen molar-refractivity contribution >= 4 is 27.5 Å². The highest BCUT2D eigenvalue weighted by Crippen LogP contribution is 2.34. The van der Waals surface area contributed by atoms with Gasteiger partial charge in [0, 0.05) is 6.92 Å². The van der Waals surface area contributed by atoms with Crippen LogP contribution >= 0.6 is 0 Å². The lowest BCUT2D eigenvalue weighted by atomic mass is 10.2. The van der Waals surface area contributed by atoms with E-state index in [4.69, 9.17) is 4.74 Å². The molecule has 3 aromatic rings. The maximum atomic E-state index is 13.9. The fourth-order valence-corrected chi connectivity index (χ4v) is 2.80. The summed E-state index contributed by atoms with van der Waals surface area (Å²) in [5.74, 6) is -7.02. The zero-order valence-corrected chi connectivity index (χ0v) is 16.4. The monoisotopic (exact) mass is 439 g/mol. The standard InChI is InChI=1S/C17H15F2N5O5S/c1-17(18,19)16-22-13(21-10-8-20-24(9-10)30(2,27)28)12(15(25)26)14(23-16)29-11-6-4-3-5-7-11/h3-9H,1-2H3,(H,25,26)(H,21,22,23). The van der Waals surface area contributed by atoms with Gasteiger partial charge in [0.25, 0.3) is 10.0 Å². The highest BCUT2D eigenvalue weighted by atomic mass is 32.2. The second-order valence-corrected chi connectivity index (χ2v) is 8.01. The van der Waals surface area contributed by atoms with Gasteiger partial charge in [0.05, 0.1) is 24.3 Å².